The lowest BCUT2D eigenvalue weighted by molar-refractivity contribution is -0.870. The van der Waals surface area contributed by atoms with Gasteiger partial charge in [-0.25, -0.2) is 0 Å². The van der Waals surface area contributed by atoms with Crippen molar-refractivity contribution in [1.82, 2.24) is 5.32 Å². The average Bonchev–Trinajstić information content (AvgIpc) is 3.37. The van der Waals surface area contributed by atoms with Gasteiger partial charge in [0.25, 0.3) is 7.82 Å². The molecule has 0 saturated carbocycles. The van der Waals surface area contributed by atoms with Gasteiger partial charge in [0.15, 0.2) is 0 Å². The number of allylic oxidation sites excluding steroid dienone is 13. The van der Waals surface area contributed by atoms with Gasteiger partial charge in [-0.15, -0.1) is 0 Å². The van der Waals surface area contributed by atoms with E-state index in [0.717, 1.165) is 103 Å². The molecule has 10 heteroatoms. The molecular formula is C65H117N2O7P. The predicted octanol–water partition coefficient (Wildman–Crippen LogP) is 18.4. The zero-order chi connectivity index (χ0) is 55.0. The van der Waals surface area contributed by atoms with Crippen LogP contribution in [0.4, 0.5) is 0 Å². The molecular weight excluding hydrogens is 952 g/mol. The number of likely N-dealkylation sites (N-methyl/N-ethyl adjacent to an activating group) is 1. The molecule has 1 amide bonds. The van der Waals surface area contributed by atoms with E-state index in [0.29, 0.717) is 23.9 Å². The molecule has 434 valence electrons. The van der Waals surface area contributed by atoms with Crippen LogP contribution < -0.4 is 10.2 Å². The van der Waals surface area contributed by atoms with Crippen LogP contribution in [0.5, 0.6) is 0 Å². The van der Waals surface area contributed by atoms with E-state index in [9.17, 15) is 19.0 Å². The van der Waals surface area contributed by atoms with E-state index in [2.05, 4.69) is 99.0 Å². The Kier molecular flexibility index (Phi) is 52.5. The molecule has 0 aromatic rings. The number of unbranched alkanes of at least 4 members (excludes halogenated alkanes) is 27. The van der Waals surface area contributed by atoms with E-state index in [1.807, 2.05) is 33.3 Å². The molecule has 1 N–H and O–H groups in total. The van der Waals surface area contributed by atoms with Crippen LogP contribution in [0.1, 0.15) is 265 Å². The Morgan fingerprint density at radius 3 is 1.31 bits per heavy atom. The first-order valence-electron chi connectivity index (χ1n) is 30.9. The van der Waals surface area contributed by atoms with Crippen LogP contribution in [0.15, 0.2) is 85.1 Å². The standard InChI is InChI=1S/C65H117N2O7P/c1-7-10-13-16-19-22-25-28-30-32-33-35-37-40-43-46-49-52-55-58-65(69)74-63(56-53-50-47-44-41-38-27-24-21-18-15-12-9-3)62(61-73-75(70,71)72-60-59-67(4,5)6)66-64(68)57-54-51-48-45-42-39-36-34-31-29-26-23-20-17-14-11-8-2/h10,13,19,22,28-31,33,35,40,43,53,56,62-63H,7-9,11-12,14-18,20-21,23-27,32,34,36-39,41-42,44-52,54-55,57-61H2,1-6H3,(H-,66,68,70,71)/b13-10-,22-19-,30-28-,31-29+,35-33-,43-40-,56-53+. The minimum Gasteiger partial charge on any atom is -0.756 e. The number of phosphoric acid groups is 1. The van der Waals surface area contributed by atoms with Crippen molar-refractivity contribution in [2.24, 2.45) is 0 Å². The third-order valence-electron chi connectivity index (χ3n) is 13.3. The monoisotopic (exact) mass is 1070 g/mol. The molecule has 0 aliphatic rings. The van der Waals surface area contributed by atoms with E-state index >= 15 is 0 Å². The number of nitrogens with one attached hydrogen (secondary N) is 1. The maximum atomic E-state index is 13.5. The molecule has 0 aliphatic heterocycles. The molecule has 0 fully saturated rings. The van der Waals surface area contributed by atoms with Gasteiger partial charge < -0.3 is 28.5 Å². The lowest BCUT2D eigenvalue weighted by Gasteiger charge is -2.30. The largest absolute Gasteiger partial charge is 0.756 e. The second-order valence-corrected chi connectivity index (χ2v) is 23.2. The number of quaternary nitrogens is 1. The number of hydrogen-bond acceptors (Lipinski definition) is 7. The lowest BCUT2D eigenvalue weighted by Crippen LogP contribution is -2.47. The summed E-state index contributed by atoms with van der Waals surface area (Å²) in [5.41, 5.74) is 0. The Morgan fingerprint density at radius 1 is 0.480 bits per heavy atom. The molecule has 9 nitrogen and oxygen atoms in total. The highest BCUT2D eigenvalue weighted by Crippen LogP contribution is 2.38. The van der Waals surface area contributed by atoms with Gasteiger partial charge in [-0.05, 0) is 102 Å². The summed E-state index contributed by atoms with van der Waals surface area (Å²) in [6.45, 7) is 6.70. The predicted molar refractivity (Wildman–Crippen MR) is 321 cm³/mol. The van der Waals surface area contributed by atoms with Crippen LogP contribution >= 0.6 is 7.82 Å². The Hall–Kier alpha value is -2.81. The van der Waals surface area contributed by atoms with Gasteiger partial charge in [-0.3, -0.25) is 14.2 Å². The van der Waals surface area contributed by atoms with Crippen molar-refractivity contribution < 1.29 is 37.3 Å². The molecule has 3 atom stereocenters. The van der Waals surface area contributed by atoms with Gasteiger partial charge in [0.1, 0.15) is 19.3 Å². The lowest BCUT2D eigenvalue weighted by atomic mass is 10.0. The molecule has 0 heterocycles. The molecule has 0 bridgehead atoms. The number of amides is 1. The Bertz CT molecular complexity index is 1560. The van der Waals surface area contributed by atoms with Gasteiger partial charge in [0.2, 0.25) is 5.91 Å². The Balaban J connectivity index is 5.37. The van der Waals surface area contributed by atoms with Crippen molar-refractivity contribution in [1.29, 1.82) is 0 Å². The van der Waals surface area contributed by atoms with Gasteiger partial charge >= 0.3 is 5.97 Å². The molecule has 0 aromatic heterocycles. The van der Waals surface area contributed by atoms with Crippen LogP contribution in [0.25, 0.3) is 0 Å². The second kappa shape index (κ2) is 54.5. The van der Waals surface area contributed by atoms with Crippen LogP contribution in [-0.2, 0) is 27.9 Å². The van der Waals surface area contributed by atoms with Gasteiger partial charge in [0, 0.05) is 12.8 Å². The second-order valence-electron chi connectivity index (χ2n) is 21.8. The number of rotatable bonds is 55. The number of esters is 1. The molecule has 75 heavy (non-hydrogen) atoms. The first-order chi connectivity index (χ1) is 36.4. The summed E-state index contributed by atoms with van der Waals surface area (Å²) < 4.78 is 30.3. The third kappa shape index (κ3) is 55.7. The van der Waals surface area contributed by atoms with E-state index in [1.165, 1.54) is 122 Å². The minimum atomic E-state index is -4.71. The summed E-state index contributed by atoms with van der Waals surface area (Å²) in [6.07, 6.45) is 71.1. The maximum Gasteiger partial charge on any atom is 0.306 e. The average molecular weight is 1070 g/mol. The van der Waals surface area contributed by atoms with Gasteiger partial charge in [0.05, 0.1) is 33.8 Å². The first-order valence-corrected chi connectivity index (χ1v) is 32.4. The molecule has 3 unspecified atom stereocenters. The van der Waals surface area contributed by atoms with Crippen molar-refractivity contribution in [2.45, 2.75) is 277 Å². The highest BCUT2D eigenvalue weighted by atomic mass is 31.2. The normalized spacial score (nSPS) is 14.3. The number of hydrogen-bond donors (Lipinski definition) is 1. The topological polar surface area (TPSA) is 114 Å². The zero-order valence-electron chi connectivity index (χ0n) is 49.5. The number of carbonyl (C=O) groups is 2. The molecule has 0 spiro atoms. The van der Waals surface area contributed by atoms with E-state index in [4.69, 9.17) is 13.8 Å². The molecule has 0 radical (unpaired) electrons. The van der Waals surface area contributed by atoms with Crippen molar-refractivity contribution in [3.05, 3.63) is 85.1 Å². The Labute approximate surface area is 463 Å². The quantitative estimate of drug-likeness (QED) is 0.0212. The van der Waals surface area contributed by atoms with Crippen molar-refractivity contribution in [2.75, 3.05) is 40.9 Å². The number of nitrogens with zero attached hydrogens (tertiary/aromatic N) is 1. The number of phosphoric ester groups is 1. The summed E-state index contributed by atoms with van der Waals surface area (Å²) in [7, 11) is 1.16. The highest BCUT2D eigenvalue weighted by Gasteiger charge is 2.27. The van der Waals surface area contributed by atoms with Crippen LogP contribution in [-0.4, -0.2) is 69.4 Å². The molecule has 0 aliphatic carbocycles. The van der Waals surface area contributed by atoms with Crippen LogP contribution in [0.3, 0.4) is 0 Å². The fraction of sp³-hybridized carbons (Fsp3) is 0.754. The van der Waals surface area contributed by atoms with Crippen LogP contribution in [0, 0.1) is 0 Å². The maximum absolute atomic E-state index is 13.5. The van der Waals surface area contributed by atoms with Gasteiger partial charge in [-0.2, -0.15) is 0 Å². The van der Waals surface area contributed by atoms with E-state index in [-0.39, 0.29) is 24.9 Å². The minimum absolute atomic E-state index is 0.0317. The Morgan fingerprint density at radius 2 is 0.853 bits per heavy atom. The fourth-order valence-electron chi connectivity index (χ4n) is 8.54. The number of carbonyl (C=O) groups excluding carboxylic acids is 2. The number of ether oxygens (including phenoxy) is 1. The summed E-state index contributed by atoms with van der Waals surface area (Å²) in [4.78, 5) is 40.0. The van der Waals surface area contributed by atoms with Crippen molar-refractivity contribution in [3.8, 4) is 0 Å². The zero-order valence-corrected chi connectivity index (χ0v) is 50.4. The van der Waals surface area contributed by atoms with Gasteiger partial charge in [-0.1, -0.05) is 235 Å². The highest BCUT2D eigenvalue weighted by molar-refractivity contribution is 7.45. The molecule has 0 rings (SSSR count). The smallest absolute Gasteiger partial charge is 0.306 e. The summed E-state index contributed by atoms with van der Waals surface area (Å²) in [6, 6.07) is -0.908. The van der Waals surface area contributed by atoms with Crippen molar-refractivity contribution in [3.63, 3.8) is 0 Å². The SMILES string of the molecule is CC/C=C\C/C=C\C/C=C\C/C=C\C/C=C\CCCCCC(=O)OC(/C=C/CCCCCCCCCCCCC)C(COP(=O)([O-])OCC[N+](C)(C)C)NC(=O)CCCCCCCCC/C=C/CCCCCCCC. The van der Waals surface area contributed by atoms with Crippen molar-refractivity contribution >= 4 is 19.7 Å². The summed E-state index contributed by atoms with van der Waals surface area (Å²) in [5, 5.41) is 3.02. The molecule has 0 aromatic carbocycles. The summed E-state index contributed by atoms with van der Waals surface area (Å²) >= 11 is 0. The fourth-order valence-corrected chi connectivity index (χ4v) is 9.27. The summed E-state index contributed by atoms with van der Waals surface area (Å²) in [5.74, 6) is -0.583. The first kappa shape index (κ1) is 72.2. The molecule has 0 saturated heterocycles. The van der Waals surface area contributed by atoms with Crippen LogP contribution in [0.2, 0.25) is 0 Å². The third-order valence-corrected chi connectivity index (χ3v) is 14.3. The van der Waals surface area contributed by atoms with E-state index < -0.39 is 26.6 Å². The van der Waals surface area contributed by atoms with E-state index in [1.54, 1.807) is 0 Å².